The lowest BCUT2D eigenvalue weighted by Crippen LogP contribution is -2.43. The number of pyridine rings is 1. The SMILES string of the molecule is CN(C)C[C@H](Cc1ccccc1)NC(=O)c1ccc(=O)[nH]c1. The van der Waals surface area contributed by atoms with E-state index in [0.29, 0.717) is 5.56 Å². The van der Waals surface area contributed by atoms with E-state index in [2.05, 4.69) is 22.4 Å². The van der Waals surface area contributed by atoms with Crippen LogP contribution in [0, 0.1) is 0 Å². The average molecular weight is 299 g/mol. The van der Waals surface area contributed by atoms with Crippen LogP contribution in [0.5, 0.6) is 0 Å². The fourth-order valence-corrected chi connectivity index (χ4v) is 2.32. The van der Waals surface area contributed by atoms with Gasteiger partial charge in [-0.2, -0.15) is 0 Å². The van der Waals surface area contributed by atoms with E-state index < -0.39 is 0 Å². The molecule has 0 saturated carbocycles. The average Bonchev–Trinajstić information content (AvgIpc) is 2.48. The van der Waals surface area contributed by atoms with Crippen molar-refractivity contribution in [3.63, 3.8) is 0 Å². The minimum Gasteiger partial charge on any atom is -0.348 e. The van der Waals surface area contributed by atoms with Gasteiger partial charge in [0, 0.05) is 24.8 Å². The third kappa shape index (κ3) is 4.86. The smallest absolute Gasteiger partial charge is 0.253 e. The van der Waals surface area contributed by atoms with Crippen LogP contribution < -0.4 is 10.9 Å². The Morgan fingerprint density at radius 2 is 1.91 bits per heavy atom. The molecule has 1 aromatic heterocycles. The Morgan fingerprint density at radius 1 is 1.18 bits per heavy atom. The van der Waals surface area contributed by atoms with Gasteiger partial charge in [0.15, 0.2) is 0 Å². The summed E-state index contributed by atoms with van der Waals surface area (Å²) in [7, 11) is 3.95. The molecule has 1 heterocycles. The maximum atomic E-state index is 12.3. The monoisotopic (exact) mass is 299 g/mol. The molecule has 22 heavy (non-hydrogen) atoms. The molecule has 1 atom stereocenters. The number of likely N-dealkylation sites (N-methyl/N-ethyl adjacent to an activating group) is 1. The van der Waals surface area contributed by atoms with Gasteiger partial charge in [-0.1, -0.05) is 30.3 Å². The van der Waals surface area contributed by atoms with E-state index >= 15 is 0 Å². The zero-order chi connectivity index (χ0) is 15.9. The van der Waals surface area contributed by atoms with E-state index in [4.69, 9.17) is 0 Å². The normalized spacial score (nSPS) is 12.1. The summed E-state index contributed by atoms with van der Waals surface area (Å²) in [4.78, 5) is 27.9. The Hall–Kier alpha value is -2.40. The number of carbonyl (C=O) groups excluding carboxylic acids is 1. The molecule has 0 radical (unpaired) electrons. The van der Waals surface area contributed by atoms with E-state index in [-0.39, 0.29) is 17.5 Å². The first-order chi connectivity index (χ1) is 10.5. The molecule has 2 rings (SSSR count). The molecular weight excluding hydrogens is 278 g/mol. The van der Waals surface area contributed by atoms with Crippen LogP contribution in [0.2, 0.25) is 0 Å². The summed E-state index contributed by atoms with van der Waals surface area (Å²) < 4.78 is 0. The zero-order valence-corrected chi connectivity index (χ0v) is 12.9. The molecule has 0 aliphatic rings. The van der Waals surface area contributed by atoms with Crippen molar-refractivity contribution in [3.8, 4) is 0 Å². The van der Waals surface area contributed by atoms with Crippen LogP contribution in [0.4, 0.5) is 0 Å². The van der Waals surface area contributed by atoms with Crippen molar-refractivity contribution < 1.29 is 4.79 Å². The summed E-state index contributed by atoms with van der Waals surface area (Å²) in [6.45, 7) is 0.740. The second-order valence-electron chi connectivity index (χ2n) is 5.56. The second-order valence-corrected chi connectivity index (χ2v) is 5.56. The second kappa shape index (κ2) is 7.56. The molecule has 0 bridgehead atoms. The van der Waals surface area contributed by atoms with Crippen molar-refractivity contribution in [1.29, 1.82) is 0 Å². The van der Waals surface area contributed by atoms with Crippen LogP contribution in [-0.2, 0) is 6.42 Å². The van der Waals surface area contributed by atoms with E-state index in [1.165, 1.54) is 23.9 Å². The Bertz CT molecular complexity index is 645. The third-order valence-electron chi connectivity index (χ3n) is 3.29. The molecule has 0 saturated heterocycles. The molecule has 2 aromatic rings. The Morgan fingerprint density at radius 3 is 2.50 bits per heavy atom. The number of nitrogens with zero attached hydrogens (tertiary/aromatic N) is 1. The standard InChI is InChI=1S/C17H21N3O2/c1-20(2)12-15(10-13-6-4-3-5-7-13)19-17(22)14-8-9-16(21)18-11-14/h3-9,11,15H,10,12H2,1-2H3,(H,18,21)(H,19,22)/t15-/m0/s1. The van der Waals surface area contributed by atoms with Gasteiger partial charge in [-0.15, -0.1) is 0 Å². The minimum atomic E-state index is -0.217. The van der Waals surface area contributed by atoms with Gasteiger partial charge in [0.2, 0.25) is 5.56 Å². The predicted octanol–water partition coefficient (Wildman–Crippen LogP) is 1.28. The molecule has 1 aromatic carbocycles. The van der Waals surface area contributed by atoms with Gasteiger partial charge in [0.25, 0.3) is 5.91 Å². The van der Waals surface area contributed by atoms with Crippen LogP contribution in [-0.4, -0.2) is 42.5 Å². The maximum Gasteiger partial charge on any atom is 0.253 e. The van der Waals surface area contributed by atoms with Crippen LogP contribution in [0.15, 0.2) is 53.5 Å². The highest BCUT2D eigenvalue weighted by Gasteiger charge is 2.15. The zero-order valence-electron chi connectivity index (χ0n) is 12.9. The molecule has 5 heteroatoms. The van der Waals surface area contributed by atoms with Gasteiger partial charge < -0.3 is 15.2 Å². The molecule has 2 N–H and O–H groups in total. The van der Waals surface area contributed by atoms with Gasteiger partial charge in [-0.05, 0) is 32.1 Å². The molecule has 116 valence electrons. The lowest BCUT2D eigenvalue weighted by molar-refractivity contribution is 0.0930. The molecular formula is C17H21N3O2. The number of hydrogen-bond donors (Lipinski definition) is 2. The highest BCUT2D eigenvalue weighted by molar-refractivity contribution is 5.94. The first kappa shape index (κ1) is 16.0. The van der Waals surface area contributed by atoms with E-state index in [1.54, 1.807) is 0 Å². The lowest BCUT2D eigenvalue weighted by atomic mass is 10.1. The Labute approximate surface area is 130 Å². The lowest BCUT2D eigenvalue weighted by Gasteiger charge is -2.22. The molecule has 0 aliphatic carbocycles. The number of rotatable bonds is 6. The van der Waals surface area contributed by atoms with Crippen molar-refractivity contribution in [3.05, 3.63) is 70.1 Å². The van der Waals surface area contributed by atoms with Crippen LogP contribution >= 0.6 is 0 Å². The summed E-state index contributed by atoms with van der Waals surface area (Å²) >= 11 is 0. The van der Waals surface area contributed by atoms with Crippen LogP contribution in [0.25, 0.3) is 0 Å². The summed E-state index contributed by atoms with van der Waals surface area (Å²) in [6, 6.07) is 12.9. The molecule has 5 nitrogen and oxygen atoms in total. The summed E-state index contributed by atoms with van der Waals surface area (Å²) in [6.07, 6.45) is 2.20. The van der Waals surface area contributed by atoms with E-state index in [1.807, 2.05) is 37.2 Å². The molecule has 0 fully saturated rings. The van der Waals surface area contributed by atoms with Gasteiger partial charge >= 0.3 is 0 Å². The van der Waals surface area contributed by atoms with Gasteiger partial charge in [0.05, 0.1) is 5.56 Å². The highest BCUT2D eigenvalue weighted by atomic mass is 16.2. The van der Waals surface area contributed by atoms with E-state index in [0.717, 1.165) is 13.0 Å². The first-order valence-electron chi connectivity index (χ1n) is 7.23. The number of carbonyl (C=O) groups is 1. The predicted molar refractivity (Wildman–Crippen MR) is 87.0 cm³/mol. The van der Waals surface area contributed by atoms with Crippen molar-refractivity contribution >= 4 is 5.91 Å². The number of aromatic amines is 1. The largest absolute Gasteiger partial charge is 0.348 e. The number of H-pyrrole nitrogens is 1. The number of amides is 1. The summed E-state index contributed by atoms with van der Waals surface area (Å²) in [5.41, 5.74) is 1.42. The number of nitrogens with one attached hydrogen (secondary N) is 2. The van der Waals surface area contributed by atoms with Crippen LogP contribution in [0.3, 0.4) is 0 Å². The van der Waals surface area contributed by atoms with Crippen molar-refractivity contribution in [2.24, 2.45) is 0 Å². The third-order valence-corrected chi connectivity index (χ3v) is 3.29. The Kier molecular flexibility index (Phi) is 5.49. The molecule has 0 spiro atoms. The minimum absolute atomic E-state index is 0.00294. The topological polar surface area (TPSA) is 65.2 Å². The van der Waals surface area contributed by atoms with Crippen molar-refractivity contribution in [1.82, 2.24) is 15.2 Å². The van der Waals surface area contributed by atoms with Crippen LogP contribution in [0.1, 0.15) is 15.9 Å². The van der Waals surface area contributed by atoms with Gasteiger partial charge in [-0.3, -0.25) is 9.59 Å². The number of aromatic nitrogens is 1. The first-order valence-corrected chi connectivity index (χ1v) is 7.23. The number of hydrogen-bond acceptors (Lipinski definition) is 3. The molecule has 0 aliphatic heterocycles. The van der Waals surface area contributed by atoms with E-state index in [9.17, 15) is 9.59 Å². The van der Waals surface area contributed by atoms with Crippen molar-refractivity contribution in [2.75, 3.05) is 20.6 Å². The fourth-order valence-electron chi connectivity index (χ4n) is 2.32. The fraction of sp³-hybridized carbons (Fsp3) is 0.294. The van der Waals surface area contributed by atoms with Gasteiger partial charge in [-0.25, -0.2) is 0 Å². The maximum absolute atomic E-state index is 12.3. The summed E-state index contributed by atoms with van der Waals surface area (Å²) in [5, 5.41) is 3.03. The van der Waals surface area contributed by atoms with Gasteiger partial charge in [0.1, 0.15) is 0 Å². The molecule has 0 unspecified atom stereocenters. The highest BCUT2D eigenvalue weighted by Crippen LogP contribution is 2.05. The quantitative estimate of drug-likeness (QED) is 0.844. The molecule has 1 amide bonds. The van der Waals surface area contributed by atoms with Crippen molar-refractivity contribution in [2.45, 2.75) is 12.5 Å². The summed E-state index contributed by atoms with van der Waals surface area (Å²) in [5.74, 6) is -0.181. The Balaban J connectivity index is 2.07. The number of benzene rings is 1.